The van der Waals surface area contributed by atoms with Gasteiger partial charge in [-0.05, 0) is 35.9 Å². The number of halogens is 1. The van der Waals surface area contributed by atoms with E-state index in [0.717, 1.165) is 10.0 Å². The third-order valence-corrected chi connectivity index (χ3v) is 5.20. The van der Waals surface area contributed by atoms with E-state index in [1.165, 1.54) is 16.7 Å². The summed E-state index contributed by atoms with van der Waals surface area (Å²) in [4.78, 5) is 26.2. The van der Waals surface area contributed by atoms with Gasteiger partial charge in [-0.2, -0.15) is 0 Å². The van der Waals surface area contributed by atoms with E-state index in [-0.39, 0.29) is 11.5 Å². The summed E-state index contributed by atoms with van der Waals surface area (Å²) in [6, 6.07) is 14.3. The standard InChI is InChI=1S/C17H11BrN2O2S2/c18-11-7-5-10(6-8-11)9-14-16(22)20(17(23)24-14)13-4-2-1-3-12(13)15(19)21/h1-9H,(H2,19,21)/b14-9-. The van der Waals surface area contributed by atoms with Crippen LogP contribution in [0.2, 0.25) is 0 Å². The summed E-state index contributed by atoms with van der Waals surface area (Å²) >= 11 is 9.90. The maximum atomic E-state index is 12.8. The monoisotopic (exact) mass is 418 g/mol. The summed E-state index contributed by atoms with van der Waals surface area (Å²) < 4.78 is 1.33. The Morgan fingerprint density at radius 3 is 2.50 bits per heavy atom. The fourth-order valence-electron chi connectivity index (χ4n) is 2.26. The van der Waals surface area contributed by atoms with Crippen LogP contribution in [0.15, 0.2) is 57.9 Å². The average molecular weight is 419 g/mol. The molecule has 1 heterocycles. The minimum atomic E-state index is -0.600. The number of nitrogens with two attached hydrogens (primary N) is 1. The zero-order valence-corrected chi connectivity index (χ0v) is 15.5. The number of anilines is 1. The predicted molar refractivity (Wildman–Crippen MR) is 105 cm³/mol. The van der Waals surface area contributed by atoms with E-state index in [9.17, 15) is 9.59 Å². The van der Waals surface area contributed by atoms with Gasteiger partial charge in [-0.1, -0.05) is 64.2 Å². The number of thioether (sulfide) groups is 1. The van der Waals surface area contributed by atoms with E-state index in [4.69, 9.17) is 18.0 Å². The van der Waals surface area contributed by atoms with Crippen molar-refractivity contribution in [3.8, 4) is 0 Å². The number of hydrogen-bond acceptors (Lipinski definition) is 4. The van der Waals surface area contributed by atoms with Gasteiger partial charge in [-0.3, -0.25) is 14.5 Å². The van der Waals surface area contributed by atoms with E-state index < -0.39 is 5.91 Å². The van der Waals surface area contributed by atoms with E-state index in [2.05, 4.69) is 15.9 Å². The molecule has 0 aromatic heterocycles. The zero-order valence-electron chi connectivity index (χ0n) is 12.2. The van der Waals surface area contributed by atoms with Crippen LogP contribution in [-0.4, -0.2) is 16.1 Å². The van der Waals surface area contributed by atoms with Crippen molar-refractivity contribution in [3.05, 3.63) is 69.0 Å². The van der Waals surface area contributed by atoms with Crippen LogP contribution in [0.3, 0.4) is 0 Å². The summed E-state index contributed by atoms with van der Waals surface area (Å²) in [6.07, 6.45) is 1.78. The van der Waals surface area contributed by atoms with Gasteiger partial charge >= 0.3 is 0 Å². The summed E-state index contributed by atoms with van der Waals surface area (Å²) in [7, 11) is 0. The molecule has 0 atom stereocenters. The summed E-state index contributed by atoms with van der Waals surface area (Å²) in [5.41, 5.74) is 6.96. The number of nitrogens with zero attached hydrogens (tertiary/aromatic N) is 1. The topological polar surface area (TPSA) is 63.4 Å². The van der Waals surface area contributed by atoms with Gasteiger partial charge < -0.3 is 5.73 Å². The zero-order chi connectivity index (χ0) is 17.3. The van der Waals surface area contributed by atoms with Gasteiger partial charge in [-0.25, -0.2) is 0 Å². The van der Waals surface area contributed by atoms with Gasteiger partial charge in [-0.15, -0.1) is 0 Å². The number of hydrogen-bond donors (Lipinski definition) is 1. The quantitative estimate of drug-likeness (QED) is 0.605. The Kier molecular flexibility index (Phi) is 4.84. The van der Waals surface area contributed by atoms with Crippen molar-refractivity contribution in [3.63, 3.8) is 0 Å². The Labute approximate surface area is 156 Å². The smallest absolute Gasteiger partial charge is 0.270 e. The Morgan fingerprint density at radius 2 is 1.83 bits per heavy atom. The maximum Gasteiger partial charge on any atom is 0.270 e. The van der Waals surface area contributed by atoms with Crippen molar-refractivity contribution < 1.29 is 9.59 Å². The molecular weight excluding hydrogens is 408 g/mol. The van der Waals surface area contributed by atoms with E-state index in [1.54, 1.807) is 30.3 Å². The number of primary amides is 1. The second-order valence-corrected chi connectivity index (χ2v) is 7.54. The van der Waals surface area contributed by atoms with E-state index in [0.29, 0.717) is 14.9 Å². The number of carbonyl (C=O) groups excluding carboxylic acids is 2. The highest BCUT2D eigenvalue weighted by molar-refractivity contribution is 9.10. The second kappa shape index (κ2) is 6.88. The first kappa shape index (κ1) is 16.9. The fraction of sp³-hybridized carbons (Fsp3) is 0. The molecule has 1 aliphatic heterocycles. The molecule has 120 valence electrons. The Bertz CT molecular complexity index is 878. The molecule has 2 amide bonds. The van der Waals surface area contributed by atoms with Crippen molar-refractivity contribution >= 4 is 67.8 Å². The molecule has 0 unspecified atom stereocenters. The van der Waals surface area contributed by atoms with Gasteiger partial charge in [0.05, 0.1) is 16.2 Å². The van der Waals surface area contributed by atoms with E-state index in [1.807, 2.05) is 24.3 Å². The number of para-hydroxylation sites is 1. The molecule has 1 fully saturated rings. The van der Waals surface area contributed by atoms with Crippen LogP contribution in [0.4, 0.5) is 5.69 Å². The number of rotatable bonds is 3. The number of amides is 2. The largest absolute Gasteiger partial charge is 0.366 e. The molecule has 0 bridgehead atoms. The van der Waals surface area contributed by atoms with Crippen molar-refractivity contribution in [1.29, 1.82) is 0 Å². The van der Waals surface area contributed by atoms with Crippen molar-refractivity contribution in [2.24, 2.45) is 5.73 Å². The van der Waals surface area contributed by atoms with Crippen LogP contribution < -0.4 is 10.6 Å². The first-order valence-electron chi connectivity index (χ1n) is 6.90. The van der Waals surface area contributed by atoms with Gasteiger partial charge in [0.1, 0.15) is 0 Å². The Hall–Kier alpha value is -1.96. The molecule has 0 spiro atoms. The van der Waals surface area contributed by atoms with Gasteiger partial charge in [0.2, 0.25) is 0 Å². The molecule has 1 saturated heterocycles. The first-order chi connectivity index (χ1) is 11.5. The highest BCUT2D eigenvalue weighted by Gasteiger charge is 2.35. The molecular formula is C17H11BrN2O2S2. The molecule has 2 N–H and O–H groups in total. The van der Waals surface area contributed by atoms with Gasteiger partial charge in [0.15, 0.2) is 4.32 Å². The minimum absolute atomic E-state index is 0.262. The number of carbonyl (C=O) groups is 2. The Morgan fingerprint density at radius 1 is 1.17 bits per heavy atom. The van der Waals surface area contributed by atoms with Crippen molar-refractivity contribution in [2.45, 2.75) is 0 Å². The lowest BCUT2D eigenvalue weighted by atomic mass is 10.1. The molecule has 1 aliphatic rings. The lowest BCUT2D eigenvalue weighted by Gasteiger charge is -2.17. The summed E-state index contributed by atoms with van der Waals surface area (Å²) in [6.45, 7) is 0. The molecule has 0 radical (unpaired) electrons. The molecule has 7 heteroatoms. The van der Waals surface area contributed by atoms with Crippen molar-refractivity contribution in [1.82, 2.24) is 0 Å². The molecule has 4 nitrogen and oxygen atoms in total. The number of thiocarbonyl (C=S) groups is 1. The predicted octanol–water partition coefficient (Wildman–Crippen LogP) is 3.95. The third kappa shape index (κ3) is 3.28. The molecule has 3 rings (SSSR count). The fourth-order valence-corrected chi connectivity index (χ4v) is 3.81. The van der Waals surface area contributed by atoms with Crippen LogP contribution in [0.25, 0.3) is 6.08 Å². The average Bonchev–Trinajstić information content (AvgIpc) is 2.83. The van der Waals surface area contributed by atoms with Gasteiger partial charge in [0, 0.05) is 4.47 Å². The van der Waals surface area contributed by atoms with Crippen molar-refractivity contribution in [2.75, 3.05) is 4.90 Å². The first-order valence-corrected chi connectivity index (χ1v) is 8.91. The molecule has 24 heavy (non-hydrogen) atoms. The van der Waals surface area contributed by atoms with E-state index >= 15 is 0 Å². The number of benzene rings is 2. The Balaban J connectivity index is 1.98. The summed E-state index contributed by atoms with van der Waals surface area (Å²) in [5, 5.41) is 0. The summed E-state index contributed by atoms with van der Waals surface area (Å²) in [5.74, 6) is -0.863. The highest BCUT2D eigenvalue weighted by Crippen LogP contribution is 2.37. The highest BCUT2D eigenvalue weighted by atomic mass is 79.9. The lowest BCUT2D eigenvalue weighted by Crippen LogP contribution is -2.30. The molecule has 0 saturated carbocycles. The lowest BCUT2D eigenvalue weighted by molar-refractivity contribution is -0.113. The molecule has 2 aromatic rings. The molecule has 0 aliphatic carbocycles. The van der Waals surface area contributed by atoms with Crippen LogP contribution in [-0.2, 0) is 4.79 Å². The third-order valence-electron chi connectivity index (χ3n) is 3.37. The molecule has 2 aromatic carbocycles. The van der Waals surface area contributed by atoms with Crippen LogP contribution >= 0.6 is 39.9 Å². The SMILES string of the molecule is NC(=O)c1ccccc1N1C(=O)/C(=C/c2ccc(Br)cc2)SC1=S. The second-order valence-electron chi connectivity index (χ2n) is 4.95. The minimum Gasteiger partial charge on any atom is -0.366 e. The van der Waals surface area contributed by atoms with Crippen LogP contribution in [0, 0.1) is 0 Å². The normalized spacial score (nSPS) is 16.0. The maximum absolute atomic E-state index is 12.8. The van der Waals surface area contributed by atoms with Crippen LogP contribution in [0.5, 0.6) is 0 Å². The van der Waals surface area contributed by atoms with Gasteiger partial charge in [0.25, 0.3) is 11.8 Å². The van der Waals surface area contributed by atoms with Crippen LogP contribution in [0.1, 0.15) is 15.9 Å².